The van der Waals surface area contributed by atoms with Gasteiger partial charge in [-0.1, -0.05) is 6.07 Å². The molecule has 0 unspecified atom stereocenters. The molecule has 0 bridgehead atoms. The highest BCUT2D eigenvalue weighted by Crippen LogP contribution is 2.20. The SMILES string of the molecule is Cc1cnc(-n2cc(C(C)(C)O)ccc2=O)cc1-n1c(C)cccc1=O. The fourth-order valence-corrected chi connectivity index (χ4v) is 2.80. The molecule has 0 saturated heterocycles. The second-order valence-corrected chi connectivity index (χ2v) is 6.85. The van der Waals surface area contributed by atoms with E-state index in [4.69, 9.17) is 0 Å². The normalized spacial score (nSPS) is 11.6. The number of aliphatic hydroxyl groups is 1. The summed E-state index contributed by atoms with van der Waals surface area (Å²) >= 11 is 0. The molecule has 6 heteroatoms. The monoisotopic (exact) mass is 351 g/mol. The van der Waals surface area contributed by atoms with Crippen LogP contribution in [0.15, 0.2) is 58.4 Å². The lowest BCUT2D eigenvalue weighted by atomic mass is 10.0. The highest BCUT2D eigenvalue weighted by atomic mass is 16.3. The van der Waals surface area contributed by atoms with Gasteiger partial charge in [0.2, 0.25) is 0 Å². The van der Waals surface area contributed by atoms with Gasteiger partial charge in [0, 0.05) is 36.3 Å². The third-order valence-electron chi connectivity index (χ3n) is 4.31. The van der Waals surface area contributed by atoms with Gasteiger partial charge in [0.05, 0.1) is 11.3 Å². The average Bonchev–Trinajstić information content (AvgIpc) is 2.56. The molecule has 0 aliphatic rings. The van der Waals surface area contributed by atoms with Crippen LogP contribution >= 0.6 is 0 Å². The molecule has 0 fully saturated rings. The summed E-state index contributed by atoms with van der Waals surface area (Å²) in [6.07, 6.45) is 3.21. The Balaban J connectivity index is 2.24. The molecule has 0 aliphatic carbocycles. The summed E-state index contributed by atoms with van der Waals surface area (Å²) in [4.78, 5) is 29.0. The maximum absolute atomic E-state index is 12.3. The number of pyridine rings is 3. The summed E-state index contributed by atoms with van der Waals surface area (Å²) in [7, 11) is 0. The van der Waals surface area contributed by atoms with Crippen molar-refractivity contribution in [2.24, 2.45) is 0 Å². The molecule has 26 heavy (non-hydrogen) atoms. The molecule has 0 aliphatic heterocycles. The lowest BCUT2D eigenvalue weighted by Crippen LogP contribution is -2.24. The van der Waals surface area contributed by atoms with Crippen LogP contribution in [0.25, 0.3) is 11.5 Å². The third-order valence-corrected chi connectivity index (χ3v) is 4.31. The van der Waals surface area contributed by atoms with E-state index in [1.54, 1.807) is 49.0 Å². The predicted octanol–water partition coefficient (Wildman–Crippen LogP) is 2.23. The van der Waals surface area contributed by atoms with Gasteiger partial charge in [0.1, 0.15) is 5.82 Å². The Labute approximate surface area is 151 Å². The maximum atomic E-state index is 12.3. The molecule has 134 valence electrons. The van der Waals surface area contributed by atoms with E-state index in [9.17, 15) is 14.7 Å². The van der Waals surface area contributed by atoms with Crippen LogP contribution in [0.5, 0.6) is 0 Å². The van der Waals surface area contributed by atoms with Crippen LogP contribution in [0, 0.1) is 13.8 Å². The Morgan fingerprint density at radius 3 is 2.42 bits per heavy atom. The van der Waals surface area contributed by atoms with Gasteiger partial charge >= 0.3 is 0 Å². The first-order chi connectivity index (χ1) is 12.2. The van der Waals surface area contributed by atoms with Crippen molar-refractivity contribution in [3.8, 4) is 11.5 Å². The number of hydrogen-bond acceptors (Lipinski definition) is 4. The van der Waals surface area contributed by atoms with Crippen LogP contribution in [-0.4, -0.2) is 19.2 Å². The van der Waals surface area contributed by atoms with E-state index in [0.29, 0.717) is 17.1 Å². The zero-order valence-corrected chi connectivity index (χ0v) is 15.2. The summed E-state index contributed by atoms with van der Waals surface area (Å²) in [5, 5.41) is 10.2. The molecule has 6 nitrogen and oxygen atoms in total. The molecule has 0 aromatic carbocycles. The number of aromatic nitrogens is 3. The minimum atomic E-state index is -1.09. The van der Waals surface area contributed by atoms with Gasteiger partial charge in [-0.2, -0.15) is 0 Å². The van der Waals surface area contributed by atoms with Crippen LogP contribution < -0.4 is 11.1 Å². The smallest absolute Gasteiger partial charge is 0.256 e. The zero-order chi connectivity index (χ0) is 19.1. The Morgan fingerprint density at radius 2 is 1.77 bits per heavy atom. The van der Waals surface area contributed by atoms with E-state index in [1.807, 2.05) is 19.9 Å². The van der Waals surface area contributed by atoms with E-state index in [1.165, 1.54) is 16.7 Å². The molecule has 0 saturated carbocycles. The summed E-state index contributed by atoms with van der Waals surface area (Å²) < 4.78 is 2.96. The highest BCUT2D eigenvalue weighted by molar-refractivity contribution is 5.46. The lowest BCUT2D eigenvalue weighted by molar-refractivity contribution is 0.0779. The quantitative estimate of drug-likeness (QED) is 0.785. The molecule has 0 amide bonds. The second-order valence-electron chi connectivity index (χ2n) is 6.85. The van der Waals surface area contributed by atoms with Gasteiger partial charge in [-0.3, -0.25) is 18.7 Å². The molecule has 0 spiro atoms. The molecule has 0 atom stereocenters. The molecular weight excluding hydrogens is 330 g/mol. The largest absolute Gasteiger partial charge is 0.386 e. The van der Waals surface area contributed by atoms with Crippen molar-refractivity contribution in [3.63, 3.8) is 0 Å². The van der Waals surface area contributed by atoms with E-state index in [-0.39, 0.29) is 11.1 Å². The van der Waals surface area contributed by atoms with E-state index < -0.39 is 5.60 Å². The van der Waals surface area contributed by atoms with Gasteiger partial charge in [0.15, 0.2) is 0 Å². The number of nitrogens with zero attached hydrogens (tertiary/aromatic N) is 3. The van der Waals surface area contributed by atoms with Gasteiger partial charge in [0.25, 0.3) is 11.1 Å². The minimum absolute atomic E-state index is 0.150. The van der Waals surface area contributed by atoms with Gasteiger partial charge < -0.3 is 5.11 Å². The Bertz CT molecular complexity index is 1090. The summed E-state index contributed by atoms with van der Waals surface area (Å²) in [6.45, 7) is 7.01. The topological polar surface area (TPSA) is 77.1 Å². The van der Waals surface area contributed by atoms with Crippen molar-refractivity contribution < 1.29 is 5.11 Å². The van der Waals surface area contributed by atoms with Crippen molar-refractivity contribution in [1.29, 1.82) is 0 Å². The van der Waals surface area contributed by atoms with Gasteiger partial charge in [-0.25, -0.2) is 4.98 Å². The summed E-state index contributed by atoms with van der Waals surface area (Å²) in [5.41, 5.74) is 1.36. The number of hydrogen-bond donors (Lipinski definition) is 1. The average molecular weight is 351 g/mol. The predicted molar refractivity (Wildman–Crippen MR) is 100 cm³/mol. The van der Waals surface area contributed by atoms with Crippen molar-refractivity contribution in [2.75, 3.05) is 0 Å². The summed E-state index contributed by atoms with van der Waals surface area (Å²) in [6, 6.07) is 9.76. The van der Waals surface area contributed by atoms with Crippen LogP contribution in [-0.2, 0) is 5.60 Å². The van der Waals surface area contributed by atoms with Gasteiger partial charge in [-0.15, -0.1) is 0 Å². The van der Waals surface area contributed by atoms with Crippen LogP contribution in [0.3, 0.4) is 0 Å². The molecular formula is C20H21N3O3. The Hall–Kier alpha value is -2.99. The molecule has 3 aromatic rings. The second kappa shape index (κ2) is 6.38. The first-order valence-electron chi connectivity index (χ1n) is 8.30. The molecule has 3 heterocycles. The fraction of sp³-hybridized carbons (Fsp3) is 0.250. The maximum Gasteiger partial charge on any atom is 0.256 e. The number of rotatable bonds is 3. The van der Waals surface area contributed by atoms with E-state index in [2.05, 4.69) is 4.98 Å². The lowest BCUT2D eigenvalue weighted by Gasteiger charge is -2.19. The Kier molecular flexibility index (Phi) is 4.38. The van der Waals surface area contributed by atoms with E-state index in [0.717, 1.165) is 11.3 Å². The third kappa shape index (κ3) is 3.23. The highest BCUT2D eigenvalue weighted by Gasteiger charge is 2.18. The van der Waals surface area contributed by atoms with Gasteiger partial charge in [-0.05, 0) is 51.0 Å². The number of aryl methyl sites for hydroxylation is 2. The first-order valence-corrected chi connectivity index (χ1v) is 8.30. The molecule has 1 N–H and O–H groups in total. The van der Waals surface area contributed by atoms with Crippen LogP contribution in [0.4, 0.5) is 0 Å². The van der Waals surface area contributed by atoms with Crippen LogP contribution in [0.1, 0.15) is 30.7 Å². The van der Waals surface area contributed by atoms with Crippen molar-refractivity contribution in [3.05, 3.63) is 86.3 Å². The molecule has 3 rings (SSSR count). The van der Waals surface area contributed by atoms with Crippen molar-refractivity contribution in [1.82, 2.24) is 14.1 Å². The van der Waals surface area contributed by atoms with E-state index >= 15 is 0 Å². The Morgan fingerprint density at radius 1 is 1.04 bits per heavy atom. The standard InChI is InChI=1S/C20H21N3O3/c1-13-11-21-17(10-16(13)23-14(2)6-5-7-19(23)25)22-12-15(20(3,4)26)8-9-18(22)24/h5-12,26H,1-4H3. The zero-order valence-electron chi connectivity index (χ0n) is 15.2. The minimum Gasteiger partial charge on any atom is -0.386 e. The first kappa shape index (κ1) is 17.8. The molecule has 0 radical (unpaired) electrons. The van der Waals surface area contributed by atoms with Crippen molar-refractivity contribution >= 4 is 0 Å². The molecule has 3 aromatic heterocycles. The van der Waals surface area contributed by atoms with Crippen molar-refractivity contribution in [2.45, 2.75) is 33.3 Å². The van der Waals surface area contributed by atoms with Crippen LogP contribution in [0.2, 0.25) is 0 Å². The fourth-order valence-electron chi connectivity index (χ4n) is 2.80. The summed E-state index contributed by atoms with van der Waals surface area (Å²) in [5.74, 6) is 0.386.